The molecule has 0 aliphatic carbocycles. The summed E-state index contributed by atoms with van der Waals surface area (Å²) in [6.45, 7) is 16.9. The van der Waals surface area contributed by atoms with Crippen molar-refractivity contribution in [1.82, 2.24) is 40.4 Å². The average molecular weight is 457 g/mol. The largest absolute Gasteiger partial charge is 0.204 e. The fourth-order valence-electron chi connectivity index (χ4n) is 2.71. The number of tetrazole rings is 2. The van der Waals surface area contributed by atoms with Crippen molar-refractivity contribution in [1.29, 1.82) is 0 Å². The van der Waals surface area contributed by atoms with Gasteiger partial charge in [0.2, 0.25) is 11.6 Å². The highest BCUT2D eigenvalue weighted by Gasteiger charge is 2.24. The van der Waals surface area contributed by atoms with Crippen LogP contribution in [0.15, 0.2) is 84.0 Å². The van der Waals surface area contributed by atoms with Gasteiger partial charge in [-0.3, -0.25) is 0 Å². The summed E-state index contributed by atoms with van der Waals surface area (Å²) in [6, 6.07) is 19.7. The van der Waals surface area contributed by atoms with Crippen molar-refractivity contribution < 1.29 is 0 Å². The van der Waals surface area contributed by atoms with Gasteiger partial charge in [0, 0.05) is 11.1 Å². The topological polar surface area (TPSA) is 87.2 Å². The van der Waals surface area contributed by atoms with Crippen LogP contribution in [0.3, 0.4) is 0 Å². The van der Waals surface area contributed by atoms with Crippen LogP contribution >= 0.6 is 0 Å². The van der Waals surface area contributed by atoms with E-state index in [1.165, 1.54) is 11.1 Å². The highest BCUT2D eigenvalue weighted by molar-refractivity contribution is 5.53. The van der Waals surface area contributed by atoms with Crippen molar-refractivity contribution in [3.05, 3.63) is 84.0 Å². The number of hydrogen-bond acceptors (Lipinski definition) is 6. The van der Waals surface area contributed by atoms with E-state index in [2.05, 4.69) is 58.2 Å². The smallest absolute Gasteiger partial charge is 0.160 e. The maximum absolute atomic E-state index is 4.41. The third-order valence-electron chi connectivity index (χ3n) is 5.71. The van der Waals surface area contributed by atoms with Crippen LogP contribution < -0.4 is 0 Å². The first-order chi connectivity index (χ1) is 16.2. The third kappa shape index (κ3) is 6.10. The van der Waals surface area contributed by atoms with E-state index in [0.29, 0.717) is 18.2 Å². The zero-order valence-electron chi connectivity index (χ0n) is 20.8. The predicted molar refractivity (Wildman–Crippen MR) is 135 cm³/mol. The van der Waals surface area contributed by atoms with Crippen LogP contribution in [0, 0.1) is 0 Å². The number of allylic oxidation sites excluding steroid dienone is 3. The Morgan fingerprint density at radius 3 is 1.76 bits per heavy atom. The molecule has 2 aromatic heterocycles. The van der Waals surface area contributed by atoms with E-state index in [9.17, 15) is 0 Å². The van der Waals surface area contributed by atoms with Crippen molar-refractivity contribution in [2.45, 2.75) is 53.6 Å². The molecular weight excluding hydrogens is 424 g/mol. The van der Waals surface area contributed by atoms with Crippen molar-refractivity contribution in [2.75, 3.05) is 0 Å². The Labute approximate surface area is 201 Å². The lowest BCUT2D eigenvalue weighted by Crippen LogP contribution is -2.29. The van der Waals surface area contributed by atoms with Crippen molar-refractivity contribution in [3.8, 4) is 22.8 Å². The van der Waals surface area contributed by atoms with E-state index >= 15 is 0 Å². The lowest BCUT2D eigenvalue weighted by atomic mass is 9.98. The van der Waals surface area contributed by atoms with Gasteiger partial charge >= 0.3 is 0 Å². The van der Waals surface area contributed by atoms with E-state index in [4.69, 9.17) is 0 Å². The van der Waals surface area contributed by atoms with Crippen LogP contribution in [-0.4, -0.2) is 40.4 Å². The lowest BCUT2D eigenvalue weighted by Gasteiger charge is -2.22. The van der Waals surface area contributed by atoms with Crippen molar-refractivity contribution in [3.63, 3.8) is 0 Å². The summed E-state index contributed by atoms with van der Waals surface area (Å²) in [5.74, 6) is 1.31. The van der Waals surface area contributed by atoms with Gasteiger partial charge in [-0.25, -0.2) is 0 Å². The van der Waals surface area contributed by atoms with Gasteiger partial charge in [-0.15, -0.1) is 20.4 Å². The second-order valence-corrected chi connectivity index (χ2v) is 8.90. The Bertz CT molecular complexity index is 1250. The Kier molecular flexibility index (Phi) is 7.83. The first-order valence-corrected chi connectivity index (χ1v) is 11.2. The maximum Gasteiger partial charge on any atom is 0.204 e. The van der Waals surface area contributed by atoms with Gasteiger partial charge in [-0.05, 0) is 52.0 Å². The Morgan fingerprint density at radius 2 is 1.26 bits per heavy atom. The summed E-state index contributed by atoms with van der Waals surface area (Å²) in [7, 11) is 0. The Hall–Kier alpha value is -3.94. The molecule has 0 unspecified atom stereocenters. The molecule has 2 aromatic carbocycles. The standard InChI is InChI=1S/2C13H16N4/c1-10(2)13(3,4)17-15-12(14-16-17)11-8-6-5-7-9-11;1-10(2)11(3)9-17-15-13(14-16-17)12-7-5-4-6-8-12/h5-9H,1H2,2-4H3;4-8H,9H2,1-3H3. The minimum absolute atomic E-state index is 0.319. The average Bonchev–Trinajstić information content (AvgIpc) is 3.51. The van der Waals surface area contributed by atoms with Crippen LogP contribution in [-0.2, 0) is 12.1 Å². The van der Waals surface area contributed by atoms with Crippen LogP contribution in [0.2, 0.25) is 0 Å². The Morgan fingerprint density at radius 1 is 0.765 bits per heavy atom. The molecule has 0 aliphatic heterocycles. The maximum atomic E-state index is 4.41. The van der Waals surface area contributed by atoms with Gasteiger partial charge in [0.05, 0.1) is 12.1 Å². The summed E-state index contributed by atoms with van der Waals surface area (Å²) in [6.07, 6.45) is 0. The molecular formula is C26H32N8. The molecule has 0 aliphatic rings. The molecule has 0 atom stereocenters. The second kappa shape index (κ2) is 10.8. The summed E-state index contributed by atoms with van der Waals surface area (Å²) in [5, 5.41) is 25.1. The molecule has 8 nitrogen and oxygen atoms in total. The fourth-order valence-corrected chi connectivity index (χ4v) is 2.71. The van der Waals surface area contributed by atoms with Crippen LogP contribution in [0.5, 0.6) is 0 Å². The van der Waals surface area contributed by atoms with Crippen LogP contribution in [0.25, 0.3) is 22.8 Å². The molecule has 4 aromatic rings. The summed E-state index contributed by atoms with van der Waals surface area (Å²) < 4.78 is 0. The highest BCUT2D eigenvalue weighted by Crippen LogP contribution is 2.22. The number of nitrogens with zero attached hydrogens (tertiary/aromatic N) is 8. The molecule has 0 bridgehead atoms. The van der Waals surface area contributed by atoms with Gasteiger partial charge in [0.25, 0.3) is 0 Å². The molecule has 0 spiro atoms. The summed E-state index contributed by atoms with van der Waals surface area (Å²) in [4.78, 5) is 3.24. The Balaban J connectivity index is 0.000000191. The van der Waals surface area contributed by atoms with Gasteiger partial charge in [-0.2, -0.15) is 9.59 Å². The molecule has 2 heterocycles. The monoisotopic (exact) mass is 456 g/mol. The van der Waals surface area contributed by atoms with Gasteiger partial charge < -0.3 is 0 Å². The molecule has 0 radical (unpaired) electrons. The number of hydrogen-bond donors (Lipinski definition) is 0. The summed E-state index contributed by atoms with van der Waals surface area (Å²) in [5.41, 5.74) is 5.20. The van der Waals surface area contributed by atoms with E-state index in [1.807, 2.05) is 81.4 Å². The zero-order valence-corrected chi connectivity index (χ0v) is 20.8. The lowest BCUT2D eigenvalue weighted by molar-refractivity contribution is 0.330. The third-order valence-corrected chi connectivity index (χ3v) is 5.71. The van der Waals surface area contributed by atoms with Crippen molar-refractivity contribution in [2.24, 2.45) is 0 Å². The van der Waals surface area contributed by atoms with Gasteiger partial charge in [0.15, 0.2) is 0 Å². The van der Waals surface area contributed by atoms with Crippen molar-refractivity contribution >= 4 is 0 Å². The number of rotatable bonds is 6. The molecule has 176 valence electrons. The molecule has 0 saturated heterocycles. The molecule has 4 rings (SSSR count). The highest BCUT2D eigenvalue weighted by atomic mass is 15.6. The normalized spacial score (nSPS) is 10.9. The minimum Gasteiger partial charge on any atom is -0.160 e. The SMILES string of the molecule is C=C(C)C(C)(C)n1nnc(-c2ccccc2)n1.CC(C)=C(C)Cn1nnc(-c2ccccc2)n1. The predicted octanol–water partition coefficient (Wildman–Crippen LogP) is 5.35. The van der Waals surface area contributed by atoms with E-state index in [-0.39, 0.29) is 5.54 Å². The molecule has 0 amide bonds. The minimum atomic E-state index is -0.319. The summed E-state index contributed by atoms with van der Waals surface area (Å²) >= 11 is 0. The first kappa shape index (κ1) is 24.7. The quantitative estimate of drug-likeness (QED) is 0.364. The van der Waals surface area contributed by atoms with E-state index in [0.717, 1.165) is 16.7 Å². The molecule has 0 fully saturated rings. The molecule has 0 N–H and O–H groups in total. The molecule has 0 saturated carbocycles. The fraction of sp³-hybridized carbons (Fsp3) is 0.308. The van der Waals surface area contributed by atoms with Crippen LogP contribution in [0.1, 0.15) is 41.5 Å². The van der Waals surface area contributed by atoms with Gasteiger partial charge in [0.1, 0.15) is 0 Å². The molecule has 34 heavy (non-hydrogen) atoms. The second-order valence-electron chi connectivity index (χ2n) is 8.90. The zero-order chi connectivity index (χ0) is 24.7. The number of aromatic nitrogens is 8. The van der Waals surface area contributed by atoms with E-state index in [1.54, 1.807) is 9.59 Å². The van der Waals surface area contributed by atoms with Crippen LogP contribution in [0.4, 0.5) is 0 Å². The molecule has 8 heteroatoms. The van der Waals surface area contributed by atoms with Gasteiger partial charge in [-0.1, -0.05) is 84.0 Å². The van der Waals surface area contributed by atoms with E-state index < -0.39 is 0 Å². The first-order valence-electron chi connectivity index (χ1n) is 11.2. The number of benzene rings is 2.